The van der Waals surface area contributed by atoms with Gasteiger partial charge in [0.1, 0.15) is 24.4 Å². The molecule has 0 spiro atoms. The van der Waals surface area contributed by atoms with Gasteiger partial charge in [0.25, 0.3) is 0 Å². The quantitative estimate of drug-likeness (QED) is 0.117. The lowest BCUT2D eigenvalue weighted by Crippen LogP contribution is -2.55. The molecule has 0 aliphatic heterocycles. The van der Waals surface area contributed by atoms with Crippen LogP contribution in [0, 0.1) is 0 Å². The molecule has 0 aliphatic rings. The molecule has 3 atom stereocenters. The van der Waals surface area contributed by atoms with Crippen molar-refractivity contribution < 1.29 is 48.8 Å². The molecular formula is C23H35N5O10. The molecule has 0 bridgehead atoms. The van der Waals surface area contributed by atoms with Crippen molar-refractivity contribution in [3.05, 3.63) is 29.8 Å². The number of carboxylic acid groups (broad SMARTS) is 2. The molecule has 0 fully saturated rings. The van der Waals surface area contributed by atoms with E-state index in [0.717, 1.165) is 0 Å². The van der Waals surface area contributed by atoms with Crippen LogP contribution in [0.2, 0.25) is 0 Å². The van der Waals surface area contributed by atoms with Gasteiger partial charge in [-0.1, -0.05) is 12.1 Å². The topological polar surface area (TPSA) is 260 Å². The number of carboxylic acids is 2. The highest BCUT2D eigenvalue weighted by Gasteiger charge is 2.27. The molecule has 38 heavy (non-hydrogen) atoms. The zero-order valence-corrected chi connectivity index (χ0v) is 21.1. The lowest BCUT2D eigenvalue weighted by Gasteiger charge is -2.22. The lowest BCUT2D eigenvalue weighted by atomic mass is 10.0. The summed E-state index contributed by atoms with van der Waals surface area (Å²) in [4.78, 5) is 68.2. The summed E-state index contributed by atoms with van der Waals surface area (Å²) in [6.07, 6.45) is -0.569. The molecule has 0 radical (unpaired) electrons. The van der Waals surface area contributed by atoms with E-state index in [1.165, 1.54) is 19.1 Å². The molecule has 1 aromatic rings. The van der Waals surface area contributed by atoms with Gasteiger partial charge in [-0.25, -0.2) is 0 Å². The number of nitrogens with one attached hydrogen (secondary N) is 3. The highest BCUT2D eigenvalue weighted by atomic mass is 16.5. The number of amides is 3. The molecule has 0 saturated heterocycles. The molecule has 0 aliphatic carbocycles. The summed E-state index contributed by atoms with van der Waals surface area (Å²) in [5, 5.41) is 33.5. The van der Waals surface area contributed by atoms with Crippen molar-refractivity contribution in [1.29, 1.82) is 0 Å². The number of carbonyl (C=O) groups is 6. The molecule has 212 valence electrons. The van der Waals surface area contributed by atoms with E-state index >= 15 is 0 Å². The molecule has 15 heteroatoms. The van der Waals surface area contributed by atoms with E-state index in [4.69, 9.17) is 21.7 Å². The number of carbonyl (C=O) groups excluding carboxylic acids is 4. The van der Waals surface area contributed by atoms with Crippen molar-refractivity contribution in [2.75, 3.05) is 19.7 Å². The average Bonchev–Trinajstić information content (AvgIpc) is 2.86. The van der Waals surface area contributed by atoms with Crippen LogP contribution in [0.25, 0.3) is 0 Å². The normalized spacial score (nSPS) is 12.4. The molecule has 0 unspecified atom stereocenters. The Morgan fingerprint density at radius 2 is 1.55 bits per heavy atom. The summed E-state index contributed by atoms with van der Waals surface area (Å²) in [5.74, 6) is -5.03. The number of aliphatic carboxylic acids is 2. The first-order chi connectivity index (χ1) is 17.8. The highest BCUT2D eigenvalue weighted by Crippen LogP contribution is 2.11. The van der Waals surface area contributed by atoms with Gasteiger partial charge in [0.15, 0.2) is 0 Å². The highest BCUT2D eigenvalue weighted by molar-refractivity contribution is 5.93. The van der Waals surface area contributed by atoms with Gasteiger partial charge in [0.05, 0.1) is 19.2 Å². The smallest absolute Gasteiger partial charge is 0.322 e. The number of ether oxygens (including phenoxy) is 1. The third-order valence-electron chi connectivity index (χ3n) is 4.65. The van der Waals surface area contributed by atoms with Crippen LogP contribution in [0.5, 0.6) is 5.75 Å². The van der Waals surface area contributed by atoms with E-state index < -0.39 is 60.8 Å². The third kappa shape index (κ3) is 15.0. The summed E-state index contributed by atoms with van der Waals surface area (Å²) in [7, 11) is 0. The minimum atomic E-state index is -1.27. The number of benzene rings is 1. The predicted octanol–water partition coefficient (Wildman–Crippen LogP) is -2.17. The number of phenolic OH excluding ortho intramolecular Hbond substituents is 1. The Kier molecular flexibility index (Phi) is 16.1. The van der Waals surface area contributed by atoms with Gasteiger partial charge in [-0.15, -0.1) is 0 Å². The third-order valence-corrected chi connectivity index (χ3v) is 4.65. The van der Waals surface area contributed by atoms with Crippen LogP contribution in [0.3, 0.4) is 0 Å². The van der Waals surface area contributed by atoms with Gasteiger partial charge in [-0.3, -0.25) is 28.8 Å². The Morgan fingerprint density at radius 1 is 0.947 bits per heavy atom. The number of hydrogen-bond acceptors (Lipinski definition) is 10. The molecule has 3 amide bonds. The van der Waals surface area contributed by atoms with Crippen LogP contribution in [0.1, 0.15) is 32.3 Å². The maximum absolute atomic E-state index is 12.5. The van der Waals surface area contributed by atoms with Crippen LogP contribution in [0.4, 0.5) is 0 Å². The number of nitrogens with two attached hydrogens (primary N) is 2. The second-order valence-electron chi connectivity index (χ2n) is 7.82. The number of hydrogen-bond donors (Lipinski definition) is 8. The largest absolute Gasteiger partial charge is 0.508 e. The fourth-order valence-corrected chi connectivity index (χ4v) is 2.71. The van der Waals surface area contributed by atoms with E-state index in [1.54, 1.807) is 19.1 Å². The Balaban J connectivity index is 0.00000171. The van der Waals surface area contributed by atoms with E-state index in [0.29, 0.717) is 12.2 Å². The van der Waals surface area contributed by atoms with Crippen molar-refractivity contribution in [3.8, 4) is 5.75 Å². The fraction of sp³-hybridized carbons (Fsp3) is 0.478. The molecule has 0 saturated carbocycles. The molecular weight excluding hydrogens is 506 g/mol. The SMILES string of the molecule is CCOC(=O)CN.C[C@H](NC(=O)[C@H](CCC(=O)O)NC(=O)[C@@H](N)Cc1ccc(O)cc1)C(=O)NCC(=O)O. The van der Waals surface area contributed by atoms with Crippen molar-refractivity contribution in [3.63, 3.8) is 0 Å². The summed E-state index contributed by atoms with van der Waals surface area (Å²) in [6, 6.07) is 2.56. The first-order valence-corrected chi connectivity index (χ1v) is 11.5. The van der Waals surface area contributed by atoms with E-state index in [2.05, 4.69) is 20.7 Å². The first kappa shape index (κ1) is 33.8. The fourth-order valence-electron chi connectivity index (χ4n) is 2.71. The Hall–Kier alpha value is -4.24. The Labute approximate surface area is 218 Å². The van der Waals surface area contributed by atoms with Crippen LogP contribution in [0.15, 0.2) is 24.3 Å². The maximum atomic E-state index is 12.5. The van der Waals surface area contributed by atoms with Crippen LogP contribution in [-0.4, -0.2) is 88.8 Å². The van der Waals surface area contributed by atoms with Crippen molar-refractivity contribution in [2.24, 2.45) is 11.5 Å². The second-order valence-corrected chi connectivity index (χ2v) is 7.82. The van der Waals surface area contributed by atoms with Gasteiger partial charge in [-0.2, -0.15) is 0 Å². The van der Waals surface area contributed by atoms with Gasteiger partial charge in [-0.05, 0) is 44.4 Å². The molecule has 10 N–H and O–H groups in total. The van der Waals surface area contributed by atoms with Gasteiger partial charge >= 0.3 is 17.9 Å². The zero-order chi connectivity index (χ0) is 29.3. The van der Waals surface area contributed by atoms with Crippen molar-refractivity contribution in [1.82, 2.24) is 16.0 Å². The van der Waals surface area contributed by atoms with Gasteiger partial charge in [0.2, 0.25) is 17.7 Å². The number of aromatic hydroxyl groups is 1. The lowest BCUT2D eigenvalue weighted by molar-refractivity contribution is -0.141. The average molecular weight is 542 g/mol. The van der Waals surface area contributed by atoms with Crippen LogP contribution >= 0.6 is 0 Å². The summed E-state index contributed by atoms with van der Waals surface area (Å²) in [5.41, 5.74) is 11.4. The van der Waals surface area contributed by atoms with E-state index in [1.807, 2.05) is 0 Å². The molecule has 1 rings (SSSR count). The summed E-state index contributed by atoms with van der Waals surface area (Å²) < 4.78 is 4.43. The van der Waals surface area contributed by atoms with E-state index in [9.17, 15) is 33.9 Å². The Morgan fingerprint density at radius 3 is 2.03 bits per heavy atom. The van der Waals surface area contributed by atoms with Crippen LogP contribution in [-0.2, 0) is 39.9 Å². The second kappa shape index (κ2) is 18.1. The van der Waals surface area contributed by atoms with E-state index in [-0.39, 0.29) is 31.1 Å². The van der Waals surface area contributed by atoms with Crippen molar-refractivity contribution in [2.45, 2.75) is 51.2 Å². The maximum Gasteiger partial charge on any atom is 0.322 e. The van der Waals surface area contributed by atoms with Crippen LogP contribution < -0.4 is 27.4 Å². The zero-order valence-electron chi connectivity index (χ0n) is 21.1. The Bertz CT molecular complexity index is 954. The number of phenols is 1. The van der Waals surface area contributed by atoms with Crippen molar-refractivity contribution >= 4 is 35.6 Å². The minimum absolute atomic E-state index is 0.0200. The molecule has 0 aromatic heterocycles. The monoisotopic (exact) mass is 541 g/mol. The first-order valence-electron chi connectivity index (χ1n) is 11.5. The predicted molar refractivity (Wildman–Crippen MR) is 133 cm³/mol. The molecule has 0 heterocycles. The standard InChI is InChI=1S/C19H26N4O8.C4H9NO2/c1-10(17(29)21-9-16(27)28)22-19(31)14(6-7-15(25)26)23-18(30)13(20)8-11-2-4-12(24)5-3-11;1-2-7-4(6)3-5/h2-5,10,13-14,24H,6-9,20H2,1H3,(H,21,29)(H,22,31)(H,23,30)(H,25,26)(H,27,28);2-3,5H2,1H3/t10-,13-,14-;/m0./s1. The molecule has 1 aromatic carbocycles. The van der Waals surface area contributed by atoms with Gasteiger partial charge in [0, 0.05) is 6.42 Å². The number of rotatable bonds is 14. The summed E-state index contributed by atoms with van der Waals surface area (Å²) >= 11 is 0. The minimum Gasteiger partial charge on any atom is -0.508 e. The number of esters is 1. The van der Waals surface area contributed by atoms with Gasteiger partial charge < -0.3 is 47.5 Å². The summed E-state index contributed by atoms with van der Waals surface area (Å²) in [6.45, 7) is 2.81. The molecule has 15 nitrogen and oxygen atoms in total.